The summed E-state index contributed by atoms with van der Waals surface area (Å²) in [5.74, 6) is -0.316. The molecule has 2 aromatic rings. The number of hydrogen-bond donors (Lipinski definition) is 3. The Hall–Kier alpha value is -2.32. The van der Waals surface area contributed by atoms with Gasteiger partial charge in [0.05, 0.1) is 12.0 Å². The molecule has 0 saturated heterocycles. The van der Waals surface area contributed by atoms with Gasteiger partial charge in [0.15, 0.2) is 5.13 Å². The van der Waals surface area contributed by atoms with E-state index in [1.807, 2.05) is 12.3 Å². The summed E-state index contributed by atoms with van der Waals surface area (Å²) in [4.78, 5) is 23.0. The Bertz CT molecular complexity index is 712. The van der Waals surface area contributed by atoms with E-state index < -0.39 is 0 Å². The van der Waals surface area contributed by atoms with E-state index in [0.29, 0.717) is 11.3 Å². The lowest BCUT2D eigenvalue weighted by molar-refractivity contribution is 0.0977. The minimum absolute atomic E-state index is 0.316. The molecule has 8 heteroatoms. The Balaban J connectivity index is 2.11. The summed E-state index contributed by atoms with van der Waals surface area (Å²) >= 11 is 1.52. The van der Waals surface area contributed by atoms with Crippen molar-refractivity contribution in [1.29, 1.82) is 5.41 Å². The van der Waals surface area contributed by atoms with Crippen LogP contribution >= 0.6 is 11.3 Å². The summed E-state index contributed by atoms with van der Waals surface area (Å²) < 4.78 is 0. The van der Waals surface area contributed by atoms with Crippen LogP contribution in [0.15, 0.2) is 17.6 Å². The minimum Gasteiger partial charge on any atom is -0.361 e. The number of pyridine rings is 1. The summed E-state index contributed by atoms with van der Waals surface area (Å²) in [7, 11) is 4.11. The highest BCUT2D eigenvalue weighted by Gasteiger charge is 2.15. The number of carbonyl (C=O) groups is 1. The van der Waals surface area contributed by atoms with Crippen LogP contribution in [0.2, 0.25) is 0 Å². The van der Waals surface area contributed by atoms with Crippen LogP contribution in [0.3, 0.4) is 0 Å². The number of anilines is 1. The highest BCUT2D eigenvalue weighted by atomic mass is 32.1. The van der Waals surface area contributed by atoms with E-state index in [1.54, 1.807) is 12.3 Å². The Labute approximate surface area is 145 Å². The number of aromatic nitrogens is 2. The molecule has 0 aliphatic heterocycles. The van der Waals surface area contributed by atoms with Crippen molar-refractivity contribution in [3.8, 4) is 11.4 Å². The first kappa shape index (κ1) is 18.0. The monoisotopic (exact) mass is 346 g/mol. The molecule has 2 heterocycles. The highest BCUT2D eigenvalue weighted by molar-refractivity contribution is 7.14. The second-order valence-electron chi connectivity index (χ2n) is 5.57. The van der Waals surface area contributed by atoms with Gasteiger partial charge in [-0.25, -0.2) is 4.98 Å². The first-order chi connectivity index (χ1) is 11.5. The average Bonchev–Trinajstić information content (AvgIpc) is 3.00. The Morgan fingerprint density at radius 1 is 1.46 bits per heavy atom. The lowest BCUT2D eigenvalue weighted by Gasteiger charge is -2.09. The van der Waals surface area contributed by atoms with Crippen molar-refractivity contribution in [1.82, 2.24) is 20.2 Å². The van der Waals surface area contributed by atoms with Crippen molar-refractivity contribution < 1.29 is 4.79 Å². The van der Waals surface area contributed by atoms with Gasteiger partial charge in [-0.1, -0.05) is 0 Å². The largest absolute Gasteiger partial charge is 0.361 e. The number of hydrogen-bond acceptors (Lipinski definition) is 7. The molecule has 0 fully saturated rings. The molecule has 24 heavy (non-hydrogen) atoms. The van der Waals surface area contributed by atoms with Crippen LogP contribution in [0, 0.1) is 12.3 Å². The third kappa shape index (κ3) is 4.59. The predicted octanol–water partition coefficient (Wildman–Crippen LogP) is 2.21. The maximum Gasteiger partial charge on any atom is 0.256 e. The normalized spacial score (nSPS) is 10.7. The Morgan fingerprint density at radius 2 is 2.25 bits per heavy atom. The molecule has 0 aromatic carbocycles. The van der Waals surface area contributed by atoms with Gasteiger partial charge in [-0.3, -0.25) is 15.2 Å². The summed E-state index contributed by atoms with van der Waals surface area (Å²) in [5.41, 5.74) is 2.68. The molecular weight excluding hydrogens is 324 g/mol. The number of rotatable bonds is 8. The average molecular weight is 346 g/mol. The van der Waals surface area contributed by atoms with Crippen molar-refractivity contribution in [2.45, 2.75) is 13.3 Å². The summed E-state index contributed by atoms with van der Waals surface area (Å²) in [6, 6.07) is 1.64. The van der Waals surface area contributed by atoms with E-state index in [2.05, 4.69) is 39.6 Å². The molecule has 3 N–H and O–H groups in total. The van der Waals surface area contributed by atoms with Crippen LogP contribution in [0.5, 0.6) is 0 Å². The van der Waals surface area contributed by atoms with Crippen LogP contribution in [-0.2, 0) is 0 Å². The molecule has 2 aromatic heterocycles. The van der Waals surface area contributed by atoms with Gasteiger partial charge in [-0.05, 0) is 45.6 Å². The quantitative estimate of drug-likeness (QED) is 0.387. The van der Waals surface area contributed by atoms with Crippen molar-refractivity contribution in [2.75, 3.05) is 32.5 Å². The van der Waals surface area contributed by atoms with E-state index in [9.17, 15) is 4.79 Å². The first-order valence-corrected chi connectivity index (χ1v) is 8.50. The molecule has 0 saturated carbocycles. The molecule has 2 rings (SSSR count). The Morgan fingerprint density at radius 3 is 2.96 bits per heavy atom. The van der Waals surface area contributed by atoms with Gasteiger partial charge in [-0.15, -0.1) is 11.3 Å². The van der Waals surface area contributed by atoms with Gasteiger partial charge in [0.2, 0.25) is 0 Å². The molecule has 0 radical (unpaired) electrons. The molecule has 128 valence electrons. The molecule has 0 aliphatic carbocycles. The molecule has 0 bridgehead atoms. The van der Waals surface area contributed by atoms with E-state index >= 15 is 0 Å². The van der Waals surface area contributed by atoms with Crippen molar-refractivity contribution in [3.63, 3.8) is 0 Å². The molecule has 7 nitrogen and oxygen atoms in total. The standard InChI is InChI=1S/C16H22N6OS/c1-11-12(15(23)20-10-17)5-7-18-14(11)13-9-24-16(21-13)19-6-4-8-22(2)3/h5,7,9-10H,4,6,8H2,1-3H3,(H,19,21)(H2,17,20,23). The maximum absolute atomic E-state index is 12.0. The Kier molecular flexibility index (Phi) is 6.39. The minimum atomic E-state index is -0.316. The third-order valence-electron chi connectivity index (χ3n) is 3.46. The molecule has 0 unspecified atom stereocenters. The van der Waals surface area contributed by atoms with Crippen molar-refractivity contribution in [2.24, 2.45) is 0 Å². The highest BCUT2D eigenvalue weighted by Crippen LogP contribution is 2.27. The predicted molar refractivity (Wildman–Crippen MR) is 98.0 cm³/mol. The number of nitrogens with zero attached hydrogens (tertiary/aromatic N) is 3. The second-order valence-corrected chi connectivity index (χ2v) is 6.43. The van der Waals surface area contributed by atoms with Crippen LogP contribution in [0.25, 0.3) is 11.4 Å². The molecule has 1 amide bonds. The van der Waals surface area contributed by atoms with Gasteiger partial charge in [-0.2, -0.15) is 0 Å². The van der Waals surface area contributed by atoms with Crippen LogP contribution < -0.4 is 10.6 Å². The zero-order valence-corrected chi connectivity index (χ0v) is 14.9. The van der Waals surface area contributed by atoms with Crippen LogP contribution in [0.4, 0.5) is 5.13 Å². The van der Waals surface area contributed by atoms with Crippen LogP contribution in [-0.4, -0.2) is 54.3 Å². The third-order valence-corrected chi connectivity index (χ3v) is 4.26. The molecule has 0 spiro atoms. The lowest BCUT2D eigenvalue weighted by atomic mass is 10.1. The zero-order valence-electron chi connectivity index (χ0n) is 14.1. The fraction of sp³-hybridized carbons (Fsp3) is 0.375. The molecule has 0 aliphatic rings. The first-order valence-electron chi connectivity index (χ1n) is 7.63. The fourth-order valence-electron chi connectivity index (χ4n) is 2.24. The van der Waals surface area contributed by atoms with Gasteiger partial charge in [0.1, 0.15) is 5.69 Å². The summed E-state index contributed by atoms with van der Waals surface area (Å²) in [6.07, 6.45) is 3.50. The maximum atomic E-state index is 12.0. The van der Waals surface area contributed by atoms with E-state index in [-0.39, 0.29) is 5.91 Å². The zero-order chi connectivity index (χ0) is 17.5. The molecule has 0 atom stereocenters. The topological polar surface area (TPSA) is 94.0 Å². The van der Waals surface area contributed by atoms with Crippen molar-refractivity contribution in [3.05, 3.63) is 28.8 Å². The summed E-state index contributed by atoms with van der Waals surface area (Å²) in [5, 5.41) is 15.4. The van der Waals surface area contributed by atoms with Crippen LogP contribution in [0.1, 0.15) is 22.3 Å². The van der Waals surface area contributed by atoms with Crippen molar-refractivity contribution >= 4 is 28.7 Å². The fourth-order valence-corrected chi connectivity index (χ4v) is 2.96. The number of thiazole rings is 1. The molecular formula is C16H22N6OS. The van der Waals surface area contributed by atoms with E-state index in [1.165, 1.54) is 11.3 Å². The van der Waals surface area contributed by atoms with Gasteiger partial charge >= 0.3 is 0 Å². The van der Waals surface area contributed by atoms with Gasteiger partial charge in [0.25, 0.3) is 5.91 Å². The number of carbonyl (C=O) groups excluding carboxylic acids is 1. The smallest absolute Gasteiger partial charge is 0.256 e. The van der Waals surface area contributed by atoms with Gasteiger partial charge < -0.3 is 15.5 Å². The lowest BCUT2D eigenvalue weighted by Crippen LogP contribution is -2.22. The number of nitrogens with one attached hydrogen (secondary N) is 3. The van der Waals surface area contributed by atoms with E-state index in [4.69, 9.17) is 5.41 Å². The summed E-state index contributed by atoms with van der Waals surface area (Å²) in [6.45, 7) is 3.72. The SMILES string of the molecule is Cc1c(C(=O)NC=N)ccnc1-c1csc(NCCCN(C)C)n1. The number of amides is 1. The van der Waals surface area contributed by atoms with E-state index in [0.717, 1.165) is 42.2 Å². The van der Waals surface area contributed by atoms with Gasteiger partial charge in [0, 0.05) is 23.7 Å². The second kappa shape index (κ2) is 8.51.